The van der Waals surface area contributed by atoms with E-state index in [0.29, 0.717) is 12.3 Å². The molecule has 2 aromatic heterocycles. The fourth-order valence-corrected chi connectivity index (χ4v) is 3.57. The van der Waals surface area contributed by atoms with Gasteiger partial charge >= 0.3 is 0 Å². The van der Waals surface area contributed by atoms with Gasteiger partial charge in [-0.25, -0.2) is 0 Å². The van der Waals surface area contributed by atoms with Gasteiger partial charge in [-0.2, -0.15) is 0 Å². The number of carbonyl (C=O) groups is 1. The number of nitrogens with zero attached hydrogens (tertiary/aromatic N) is 4. The summed E-state index contributed by atoms with van der Waals surface area (Å²) in [6.45, 7) is 3.46. The van der Waals surface area contributed by atoms with E-state index in [1.165, 1.54) is 17.3 Å². The van der Waals surface area contributed by atoms with E-state index in [1.807, 2.05) is 41.8 Å². The van der Waals surface area contributed by atoms with Crippen LogP contribution in [0.15, 0.2) is 60.0 Å². The fraction of sp³-hybridized carbons (Fsp3) is 0.300. The molecule has 3 aromatic rings. The van der Waals surface area contributed by atoms with Crippen LogP contribution < -0.4 is 5.32 Å². The van der Waals surface area contributed by atoms with Crippen LogP contribution in [0.4, 0.5) is 0 Å². The molecule has 1 aromatic carbocycles. The zero-order valence-corrected chi connectivity index (χ0v) is 16.2. The molecule has 0 aliphatic rings. The summed E-state index contributed by atoms with van der Waals surface area (Å²) in [5.74, 6) is 1.15. The molecule has 140 valence electrons. The Kier molecular flexibility index (Phi) is 6.98. The number of thioether (sulfide) groups is 1. The monoisotopic (exact) mass is 381 g/mol. The van der Waals surface area contributed by atoms with Gasteiger partial charge in [0.15, 0.2) is 11.0 Å². The molecule has 2 heterocycles. The number of aryl methyl sites for hydroxylation is 1. The van der Waals surface area contributed by atoms with Gasteiger partial charge in [0.25, 0.3) is 0 Å². The van der Waals surface area contributed by atoms with Crippen LogP contribution in [-0.2, 0) is 17.8 Å². The average molecular weight is 382 g/mol. The summed E-state index contributed by atoms with van der Waals surface area (Å²) in [6.07, 6.45) is 5.37. The van der Waals surface area contributed by atoms with Gasteiger partial charge in [-0.15, -0.1) is 10.2 Å². The minimum atomic E-state index is 0.0178. The summed E-state index contributed by atoms with van der Waals surface area (Å²) >= 11 is 1.41. The zero-order valence-electron chi connectivity index (χ0n) is 15.3. The number of nitrogens with one attached hydrogen (secondary N) is 1. The van der Waals surface area contributed by atoms with Gasteiger partial charge in [-0.05, 0) is 37.5 Å². The standard InChI is InChI=1S/C20H23N5OS/c1-2-25-19(17-10-13-21-14-11-17)23-24-20(25)27-15-18(26)22-12-6-9-16-7-4-3-5-8-16/h3-5,7-8,10-11,13-14H,2,6,9,12,15H2,1H3,(H,22,26). The first-order valence-corrected chi connectivity index (χ1v) is 10.0. The molecule has 6 nitrogen and oxygen atoms in total. The molecule has 0 fully saturated rings. The van der Waals surface area contributed by atoms with E-state index in [0.717, 1.165) is 35.9 Å². The Bertz CT molecular complexity index is 851. The largest absolute Gasteiger partial charge is 0.355 e. The Morgan fingerprint density at radius 1 is 1.11 bits per heavy atom. The molecule has 0 saturated carbocycles. The van der Waals surface area contributed by atoms with Gasteiger partial charge in [-0.1, -0.05) is 42.1 Å². The zero-order chi connectivity index (χ0) is 18.9. The highest BCUT2D eigenvalue weighted by molar-refractivity contribution is 7.99. The van der Waals surface area contributed by atoms with Crippen molar-refractivity contribution in [3.05, 3.63) is 60.4 Å². The summed E-state index contributed by atoms with van der Waals surface area (Å²) < 4.78 is 2.02. The molecule has 0 unspecified atom stereocenters. The number of hydrogen-bond acceptors (Lipinski definition) is 5. The maximum atomic E-state index is 12.1. The highest BCUT2D eigenvalue weighted by Crippen LogP contribution is 2.23. The molecule has 0 aliphatic carbocycles. The molecule has 3 rings (SSSR count). The summed E-state index contributed by atoms with van der Waals surface area (Å²) in [7, 11) is 0. The van der Waals surface area contributed by atoms with Crippen LogP contribution in [0.3, 0.4) is 0 Å². The number of hydrogen-bond donors (Lipinski definition) is 1. The maximum Gasteiger partial charge on any atom is 0.230 e. The van der Waals surface area contributed by atoms with Crippen LogP contribution in [0.25, 0.3) is 11.4 Å². The second kappa shape index (κ2) is 9.87. The van der Waals surface area contributed by atoms with Crippen LogP contribution in [0.2, 0.25) is 0 Å². The lowest BCUT2D eigenvalue weighted by molar-refractivity contribution is -0.118. The van der Waals surface area contributed by atoms with Crippen molar-refractivity contribution in [1.29, 1.82) is 0 Å². The smallest absolute Gasteiger partial charge is 0.230 e. The third-order valence-corrected chi connectivity index (χ3v) is 5.08. The SMILES string of the molecule is CCn1c(SCC(=O)NCCCc2ccccc2)nnc1-c1ccncc1. The van der Waals surface area contributed by atoms with Crippen molar-refractivity contribution >= 4 is 17.7 Å². The van der Waals surface area contributed by atoms with Crippen LogP contribution in [0, 0.1) is 0 Å². The number of aromatic nitrogens is 4. The Labute approximate surface area is 163 Å². The minimum absolute atomic E-state index is 0.0178. The van der Waals surface area contributed by atoms with Crippen LogP contribution in [0.1, 0.15) is 18.9 Å². The van der Waals surface area contributed by atoms with Gasteiger partial charge in [-0.3, -0.25) is 9.78 Å². The van der Waals surface area contributed by atoms with Crippen LogP contribution in [0.5, 0.6) is 0 Å². The van der Waals surface area contributed by atoms with E-state index in [4.69, 9.17) is 0 Å². The molecule has 1 N–H and O–H groups in total. The molecule has 0 radical (unpaired) electrons. The first kappa shape index (κ1) is 19.1. The molecule has 7 heteroatoms. The second-order valence-corrected chi connectivity index (χ2v) is 6.96. The summed E-state index contributed by atoms with van der Waals surface area (Å²) in [5, 5.41) is 12.3. The van der Waals surface area contributed by atoms with E-state index in [2.05, 4.69) is 32.6 Å². The van der Waals surface area contributed by atoms with Crippen molar-refractivity contribution in [3.63, 3.8) is 0 Å². The Morgan fingerprint density at radius 2 is 1.89 bits per heavy atom. The number of carbonyl (C=O) groups excluding carboxylic acids is 1. The highest BCUT2D eigenvalue weighted by atomic mass is 32.2. The molecule has 0 atom stereocenters. The second-order valence-electron chi connectivity index (χ2n) is 6.01. The molecule has 0 saturated heterocycles. The minimum Gasteiger partial charge on any atom is -0.355 e. The van der Waals surface area contributed by atoms with Crippen molar-refractivity contribution < 1.29 is 4.79 Å². The van der Waals surface area contributed by atoms with E-state index in [-0.39, 0.29) is 5.91 Å². The molecular weight excluding hydrogens is 358 g/mol. The van der Waals surface area contributed by atoms with E-state index >= 15 is 0 Å². The summed E-state index contributed by atoms with van der Waals surface area (Å²) in [4.78, 5) is 16.1. The van der Waals surface area contributed by atoms with Gasteiger partial charge in [0.05, 0.1) is 5.75 Å². The topological polar surface area (TPSA) is 72.7 Å². The predicted molar refractivity (Wildman–Crippen MR) is 107 cm³/mol. The summed E-state index contributed by atoms with van der Waals surface area (Å²) in [6, 6.07) is 14.1. The number of pyridine rings is 1. The number of rotatable bonds is 9. The van der Waals surface area contributed by atoms with Gasteiger partial charge in [0.2, 0.25) is 5.91 Å². The predicted octanol–water partition coefficient (Wildman–Crippen LogP) is 3.20. The van der Waals surface area contributed by atoms with Crippen molar-refractivity contribution in [2.45, 2.75) is 31.5 Å². The molecule has 27 heavy (non-hydrogen) atoms. The van der Waals surface area contributed by atoms with Crippen molar-refractivity contribution in [2.75, 3.05) is 12.3 Å². The average Bonchev–Trinajstić information content (AvgIpc) is 3.14. The van der Waals surface area contributed by atoms with Crippen molar-refractivity contribution in [3.8, 4) is 11.4 Å². The Balaban J connectivity index is 1.47. The number of amides is 1. The molecule has 0 bridgehead atoms. The third kappa shape index (κ3) is 5.40. The third-order valence-electron chi connectivity index (χ3n) is 4.11. The Hall–Kier alpha value is -2.67. The highest BCUT2D eigenvalue weighted by Gasteiger charge is 2.14. The lowest BCUT2D eigenvalue weighted by Crippen LogP contribution is -2.26. The van der Waals surface area contributed by atoms with Gasteiger partial charge < -0.3 is 9.88 Å². The van der Waals surface area contributed by atoms with Crippen molar-refractivity contribution in [2.24, 2.45) is 0 Å². The lowest BCUT2D eigenvalue weighted by Gasteiger charge is -2.08. The van der Waals surface area contributed by atoms with Crippen LogP contribution >= 0.6 is 11.8 Å². The van der Waals surface area contributed by atoms with Gasteiger partial charge in [0.1, 0.15) is 0 Å². The van der Waals surface area contributed by atoms with Crippen LogP contribution in [-0.4, -0.2) is 38.0 Å². The Morgan fingerprint density at radius 3 is 2.63 bits per heavy atom. The van der Waals surface area contributed by atoms with Gasteiger partial charge in [0, 0.05) is 31.0 Å². The first-order valence-electron chi connectivity index (χ1n) is 9.05. The van der Waals surface area contributed by atoms with E-state index < -0.39 is 0 Å². The van der Waals surface area contributed by atoms with E-state index in [1.54, 1.807) is 12.4 Å². The molecule has 1 amide bonds. The van der Waals surface area contributed by atoms with E-state index in [9.17, 15) is 4.79 Å². The molecule has 0 aliphatic heterocycles. The lowest BCUT2D eigenvalue weighted by atomic mass is 10.1. The number of benzene rings is 1. The normalized spacial score (nSPS) is 10.7. The fourth-order valence-electron chi connectivity index (χ4n) is 2.74. The van der Waals surface area contributed by atoms with Crippen molar-refractivity contribution in [1.82, 2.24) is 25.1 Å². The molecule has 0 spiro atoms. The quantitative estimate of drug-likeness (QED) is 0.455. The summed E-state index contributed by atoms with van der Waals surface area (Å²) in [5.41, 5.74) is 2.26. The maximum absolute atomic E-state index is 12.1. The first-order chi connectivity index (χ1) is 13.3. The molecular formula is C20H23N5OS.